The van der Waals surface area contributed by atoms with Gasteiger partial charge in [0.1, 0.15) is 0 Å². The monoisotopic (exact) mass is 675 g/mol. The van der Waals surface area contributed by atoms with Gasteiger partial charge in [-0.15, -0.1) is 0 Å². The SMILES string of the molecule is c1ccc(-c2ccc(N(c3ccc(-c4ccccc4)cc3)c3ccc(-c4ccccc4-c4ccc5ccccc5c4-c4ccccc4)cc3)cc2)cc1. The van der Waals surface area contributed by atoms with E-state index in [2.05, 4.69) is 229 Å². The largest absolute Gasteiger partial charge is 0.311 e. The third-order valence-corrected chi connectivity index (χ3v) is 10.1. The quantitative estimate of drug-likeness (QED) is 0.155. The summed E-state index contributed by atoms with van der Waals surface area (Å²) in [5, 5.41) is 2.50. The van der Waals surface area contributed by atoms with Crippen LogP contribution >= 0.6 is 0 Å². The second kappa shape index (κ2) is 14.3. The Hall–Kier alpha value is -6.96. The van der Waals surface area contributed by atoms with Crippen LogP contribution in [-0.4, -0.2) is 0 Å². The van der Waals surface area contributed by atoms with E-state index in [9.17, 15) is 0 Å². The topological polar surface area (TPSA) is 3.24 Å². The maximum Gasteiger partial charge on any atom is 0.0462 e. The van der Waals surface area contributed by atoms with Gasteiger partial charge in [-0.2, -0.15) is 0 Å². The van der Waals surface area contributed by atoms with Crippen molar-refractivity contribution in [3.05, 3.63) is 224 Å². The molecule has 0 atom stereocenters. The Bertz CT molecular complexity index is 2530. The van der Waals surface area contributed by atoms with E-state index >= 15 is 0 Å². The van der Waals surface area contributed by atoms with E-state index in [0.29, 0.717) is 0 Å². The Morgan fingerprint density at radius 3 is 1.15 bits per heavy atom. The van der Waals surface area contributed by atoms with E-state index in [1.54, 1.807) is 0 Å². The predicted molar refractivity (Wildman–Crippen MR) is 226 cm³/mol. The zero-order valence-corrected chi connectivity index (χ0v) is 29.3. The number of benzene rings is 9. The summed E-state index contributed by atoms with van der Waals surface area (Å²) in [4.78, 5) is 2.34. The van der Waals surface area contributed by atoms with Crippen molar-refractivity contribution < 1.29 is 0 Å². The lowest BCUT2D eigenvalue weighted by molar-refractivity contribution is 1.28. The first-order chi connectivity index (χ1) is 26.3. The second-order valence-electron chi connectivity index (χ2n) is 13.3. The lowest BCUT2D eigenvalue weighted by Crippen LogP contribution is -2.09. The van der Waals surface area contributed by atoms with Gasteiger partial charge >= 0.3 is 0 Å². The zero-order chi connectivity index (χ0) is 35.4. The highest BCUT2D eigenvalue weighted by atomic mass is 15.1. The molecular weight excluding hydrogens is 639 g/mol. The van der Waals surface area contributed by atoms with Crippen LogP contribution < -0.4 is 4.90 Å². The van der Waals surface area contributed by atoms with Crippen LogP contribution in [0.5, 0.6) is 0 Å². The molecule has 1 nitrogen and oxygen atoms in total. The van der Waals surface area contributed by atoms with Gasteiger partial charge in [0.25, 0.3) is 0 Å². The lowest BCUT2D eigenvalue weighted by Gasteiger charge is -2.26. The summed E-state index contributed by atoms with van der Waals surface area (Å²) in [5.74, 6) is 0. The molecule has 0 spiro atoms. The molecule has 0 radical (unpaired) electrons. The number of hydrogen-bond acceptors (Lipinski definition) is 1. The second-order valence-corrected chi connectivity index (χ2v) is 13.3. The molecule has 0 bridgehead atoms. The highest BCUT2D eigenvalue weighted by molar-refractivity contribution is 6.06. The van der Waals surface area contributed by atoms with E-state index in [0.717, 1.165) is 17.1 Å². The molecule has 9 aromatic carbocycles. The maximum absolute atomic E-state index is 2.34. The molecule has 0 unspecified atom stereocenters. The average molecular weight is 676 g/mol. The summed E-state index contributed by atoms with van der Waals surface area (Å²) in [5.41, 5.74) is 15.4. The van der Waals surface area contributed by atoms with Crippen molar-refractivity contribution >= 4 is 27.8 Å². The minimum atomic E-state index is 1.10. The summed E-state index contributed by atoms with van der Waals surface area (Å²) >= 11 is 0. The first kappa shape index (κ1) is 32.0. The summed E-state index contributed by atoms with van der Waals surface area (Å²) in [6.45, 7) is 0. The van der Waals surface area contributed by atoms with Gasteiger partial charge in [-0.25, -0.2) is 0 Å². The minimum Gasteiger partial charge on any atom is -0.311 e. The number of anilines is 3. The van der Waals surface area contributed by atoms with Crippen molar-refractivity contribution in [3.63, 3.8) is 0 Å². The van der Waals surface area contributed by atoms with Gasteiger partial charge in [-0.1, -0.05) is 188 Å². The zero-order valence-electron chi connectivity index (χ0n) is 29.3. The van der Waals surface area contributed by atoms with Crippen molar-refractivity contribution in [1.82, 2.24) is 0 Å². The van der Waals surface area contributed by atoms with E-state index in [4.69, 9.17) is 0 Å². The first-order valence-corrected chi connectivity index (χ1v) is 18.2. The molecular formula is C52H37N. The maximum atomic E-state index is 2.34. The lowest BCUT2D eigenvalue weighted by atomic mass is 9.86. The van der Waals surface area contributed by atoms with Crippen LogP contribution in [0.2, 0.25) is 0 Å². The molecule has 0 amide bonds. The Labute approximate surface area is 311 Å². The summed E-state index contributed by atoms with van der Waals surface area (Å²) < 4.78 is 0. The Morgan fingerprint density at radius 2 is 0.623 bits per heavy atom. The van der Waals surface area contributed by atoms with Gasteiger partial charge in [-0.3, -0.25) is 0 Å². The van der Waals surface area contributed by atoms with Gasteiger partial charge in [0.2, 0.25) is 0 Å². The molecule has 250 valence electrons. The van der Waals surface area contributed by atoms with Crippen molar-refractivity contribution in [2.75, 3.05) is 4.90 Å². The van der Waals surface area contributed by atoms with Crippen molar-refractivity contribution in [2.24, 2.45) is 0 Å². The van der Waals surface area contributed by atoms with Crippen molar-refractivity contribution in [2.45, 2.75) is 0 Å². The summed E-state index contributed by atoms with van der Waals surface area (Å²) in [6, 6.07) is 80.7. The van der Waals surface area contributed by atoms with Crippen LogP contribution in [0.15, 0.2) is 224 Å². The highest BCUT2D eigenvalue weighted by Crippen LogP contribution is 2.43. The van der Waals surface area contributed by atoms with Gasteiger partial charge in [0, 0.05) is 17.1 Å². The van der Waals surface area contributed by atoms with Crippen LogP contribution in [0, 0.1) is 0 Å². The normalized spacial score (nSPS) is 11.0. The molecule has 1 heteroatoms. The van der Waals surface area contributed by atoms with Gasteiger partial charge in [0.05, 0.1) is 0 Å². The smallest absolute Gasteiger partial charge is 0.0462 e. The van der Waals surface area contributed by atoms with Crippen LogP contribution in [-0.2, 0) is 0 Å². The van der Waals surface area contributed by atoms with Crippen molar-refractivity contribution in [1.29, 1.82) is 0 Å². The Balaban J connectivity index is 1.12. The minimum absolute atomic E-state index is 1.10. The standard InChI is InChI=1S/C52H37N/c1-4-14-38(15-5-1)40-24-31-45(32-25-40)53(46-33-26-41(27-34-46)39-16-6-2-7-17-39)47-35-28-43(29-36-47)48-21-12-13-23-50(48)51-37-30-42-18-10-11-22-49(42)52(51)44-19-8-3-9-20-44/h1-37H. The van der Waals surface area contributed by atoms with E-state index in [1.165, 1.54) is 66.4 Å². The highest BCUT2D eigenvalue weighted by Gasteiger charge is 2.17. The van der Waals surface area contributed by atoms with Crippen molar-refractivity contribution in [3.8, 4) is 55.6 Å². The molecule has 0 aliphatic carbocycles. The molecule has 0 aromatic heterocycles. The average Bonchev–Trinajstić information content (AvgIpc) is 3.25. The van der Waals surface area contributed by atoms with Gasteiger partial charge in [-0.05, 0) is 103 Å². The molecule has 53 heavy (non-hydrogen) atoms. The fraction of sp³-hybridized carbons (Fsp3) is 0. The summed E-state index contributed by atoms with van der Waals surface area (Å²) in [6.07, 6.45) is 0. The molecule has 0 N–H and O–H groups in total. The third kappa shape index (κ3) is 6.42. The molecule has 9 aromatic rings. The Morgan fingerprint density at radius 1 is 0.226 bits per heavy atom. The van der Waals surface area contributed by atoms with Crippen LogP contribution in [0.3, 0.4) is 0 Å². The molecule has 0 heterocycles. The van der Waals surface area contributed by atoms with Crippen LogP contribution in [0.25, 0.3) is 66.4 Å². The van der Waals surface area contributed by atoms with Gasteiger partial charge in [0.15, 0.2) is 0 Å². The molecule has 0 aliphatic rings. The van der Waals surface area contributed by atoms with E-state index in [-0.39, 0.29) is 0 Å². The first-order valence-electron chi connectivity index (χ1n) is 18.2. The number of rotatable bonds is 8. The molecule has 0 saturated heterocycles. The predicted octanol–water partition coefficient (Wildman–Crippen LogP) is 14.6. The molecule has 9 rings (SSSR count). The number of hydrogen-bond donors (Lipinski definition) is 0. The molecule has 0 fully saturated rings. The number of nitrogens with zero attached hydrogens (tertiary/aromatic N) is 1. The fourth-order valence-corrected chi connectivity index (χ4v) is 7.49. The van der Waals surface area contributed by atoms with Crippen LogP contribution in [0.4, 0.5) is 17.1 Å². The fourth-order valence-electron chi connectivity index (χ4n) is 7.49. The molecule has 0 saturated carbocycles. The Kier molecular flexibility index (Phi) is 8.66. The van der Waals surface area contributed by atoms with E-state index in [1.807, 2.05) is 0 Å². The van der Waals surface area contributed by atoms with Gasteiger partial charge < -0.3 is 4.90 Å². The third-order valence-electron chi connectivity index (χ3n) is 10.1. The van der Waals surface area contributed by atoms with E-state index < -0.39 is 0 Å². The molecule has 0 aliphatic heterocycles. The summed E-state index contributed by atoms with van der Waals surface area (Å²) in [7, 11) is 0. The van der Waals surface area contributed by atoms with Crippen LogP contribution in [0.1, 0.15) is 0 Å². The number of fused-ring (bicyclic) bond motifs is 1.